The van der Waals surface area contributed by atoms with Crippen LogP contribution in [-0.2, 0) is 9.47 Å². The zero-order chi connectivity index (χ0) is 12.8. The van der Waals surface area contributed by atoms with E-state index in [1.54, 1.807) is 6.07 Å². The zero-order valence-corrected chi connectivity index (χ0v) is 10.8. The third-order valence-electron chi connectivity index (χ3n) is 3.27. The molecule has 0 N–H and O–H groups in total. The zero-order valence-electron chi connectivity index (χ0n) is 10.8. The summed E-state index contributed by atoms with van der Waals surface area (Å²) in [7, 11) is 0. The van der Waals surface area contributed by atoms with Gasteiger partial charge in [-0.05, 0) is 12.5 Å². The van der Waals surface area contributed by atoms with Gasteiger partial charge in [0, 0.05) is 11.5 Å². The summed E-state index contributed by atoms with van der Waals surface area (Å²) in [6, 6.07) is 9.64. The van der Waals surface area contributed by atoms with E-state index in [1.165, 1.54) is 12.8 Å². The van der Waals surface area contributed by atoms with Crippen LogP contribution in [0.2, 0.25) is 0 Å². The lowest BCUT2D eigenvalue weighted by Gasteiger charge is -2.30. The maximum absolute atomic E-state index is 9.06. The quantitative estimate of drug-likeness (QED) is 0.816. The molecule has 0 unspecified atom stereocenters. The average Bonchev–Trinajstić information content (AvgIpc) is 2.45. The number of unbranched alkanes of at least 4 members (excludes halogenated alkanes) is 1. The maximum Gasteiger partial charge on any atom is 0.185 e. The van der Waals surface area contributed by atoms with Crippen LogP contribution in [0.15, 0.2) is 24.3 Å². The Bertz CT molecular complexity index is 417. The minimum Gasteiger partial charge on any atom is -0.348 e. The van der Waals surface area contributed by atoms with Gasteiger partial charge in [-0.2, -0.15) is 5.26 Å². The Balaban J connectivity index is 1.95. The number of benzene rings is 1. The summed E-state index contributed by atoms with van der Waals surface area (Å²) in [5.41, 5.74) is 1.48. The van der Waals surface area contributed by atoms with Crippen LogP contribution in [0.25, 0.3) is 0 Å². The first-order valence-corrected chi connectivity index (χ1v) is 6.57. The minimum absolute atomic E-state index is 0.376. The van der Waals surface area contributed by atoms with E-state index < -0.39 is 0 Å². The molecule has 1 aliphatic rings. The molecule has 1 aromatic carbocycles. The van der Waals surface area contributed by atoms with Gasteiger partial charge in [0.05, 0.1) is 24.8 Å². The summed E-state index contributed by atoms with van der Waals surface area (Å²) < 4.78 is 11.5. The van der Waals surface area contributed by atoms with Gasteiger partial charge in [-0.1, -0.05) is 38.0 Å². The molecule has 0 radical (unpaired) electrons. The van der Waals surface area contributed by atoms with Crippen LogP contribution >= 0.6 is 0 Å². The summed E-state index contributed by atoms with van der Waals surface area (Å²) in [6.45, 7) is 3.64. The van der Waals surface area contributed by atoms with Crippen LogP contribution in [0.3, 0.4) is 0 Å². The second-order valence-corrected chi connectivity index (χ2v) is 4.71. The van der Waals surface area contributed by atoms with E-state index in [-0.39, 0.29) is 6.29 Å². The van der Waals surface area contributed by atoms with Crippen LogP contribution in [0.1, 0.15) is 43.6 Å². The van der Waals surface area contributed by atoms with Gasteiger partial charge in [-0.15, -0.1) is 0 Å². The average molecular weight is 245 g/mol. The Labute approximate surface area is 108 Å². The molecule has 1 heterocycles. The molecule has 0 bridgehead atoms. The number of nitrogens with zero attached hydrogens (tertiary/aromatic N) is 1. The maximum atomic E-state index is 9.06. The molecule has 3 heteroatoms. The first kappa shape index (κ1) is 13.1. The van der Waals surface area contributed by atoms with Crippen molar-refractivity contribution in [1.29, 1.82) is 5.26 Å². The molecule has 0 aliphatic carbocycles. The van der Waals surface area contributed by atoms with Gasteiger partial charge in [0.25, 0.3) is 0 Å². The van der Waals surface area contributed by atoms with Gasteiger partial charge < -0.3 is 9.47 Å². The Morgan fingerprint density at radius 2 is 2.00 bits per heavy atom. The Morgan fingerprint density at radius 1 is 1.28 bits per heavy atom. The van der Waals surface area contributed by atoms with Crippen molar-refractivity contribution in [2.24, 2.45) is 5.92 Å². The molecule has 0 saturated carbocycles. The van der Waals surface area contributed by atoms with Crippen LogP contribution in [0, 0.1) is 17.2 Å². The SMILES string of the molecule is CCCCC1COC(c2ccccc2C#N)OC1. The van der Waals surface area contributed by atoms with E-state index in [1.807, 2.05) is 18.2 Å². The first-order valence-electron chi connectivity index (χ1n) is 6.57. The van der Waals surface area contributed by atoms with Crippen LogP contribution < -0.4 is 0 Å². The minimum atomic E-state index is -0.376. The van der Waals surface area contributed by atoms with Crippen molar-refractivity contribution in [1.82, 2.24) is 0 Å². The highest BCUT2D eigenvalue weighted by Crippen LogP contribution is 2.28. The van der Waals surface area contributed by atoms with Gasteiger partial charge in [-0.3, -0.25) is 0 Å². The molecule has 0 aromatic heterocycles. The van der Waals surface area contributed by atoms with E-state index in [0.29, 0.717) is 11.5 Å². The summed E-state index contributed by atoms with van der Waals surface area (Å²) >= 11 is 0. The normalized spacial score (nSPS) is 23.6. The molecule has 1 saturated heterocycles. The van der Waals surface area contributed by atoms with Crippen molar-refractivity contribution in [2.75, 3.05) is 13.2 Å². The molecule has 1 aliphatic heterocycles. The van der Waals surface area contributed by atoms with Crippen molar-refractivity contribution in [3.8, 4) is 6.07 Å². The Hall–Kier alpha value is -1.37. The van der Waals surface area contributed by atoms with Crippen molar-refractivity contribution >= 4 is 0 Å². The molecule has 2 rings (SSSR count). The molecule has 0 spiro atoms. The number of hydrogen-bond donors (Lipinski definition) is 0. The van der Waals surface area contributed by atoms with Crippen LogP contribution in [0.4, 0.5) is 0 Å². The predicted octanol–water partition coefficient (Wildman–Crippen LogP) is 3.41. The number of hydrogen-bond acceptors (Lipinski definition) is 3. The summed E-state index contributed by atoms with van der Waals surface area (Å²) in [5.74, 6) is 0.496. The molecule has 96 valence electrons. The van der Waals surface area contributed by atoms with Crippen molar-refractivity contribution in [3.63, 3.8) is 0 Å². The third kappa shape index (κ3) is 3.10. The Kier molecular flexibility index (Phi) is 4.74. The van der Waals surface area contributed by atoms with E-state index in [2.05, 4.69) is 13.0 Å². The fourth-order valence-corrected chi connectivity index (χ4v) is 2.19. The largest absolute Gasteiger partial charge is 0.348 e. The lowest BCUT2D eigenvalue weighted by Crippen LogP contribution is -2.27. The van der Waals surface area contributed by atoms with Crippen LogP contribution in [0.5, 0.6) is 0 Å². The number of ether oxygens (including phenoxy) is 2. The molecular weight excluding hydrogens is 226 g/mol. The topological polar surface area (TPSA) is 42.2 Å². The van der Waals surface area contributed by atoms with E-state index in [4.69, 9.17) is 14.7 Å². The highest BCUT2D eigenvalue weighted by Gasteiger charge is 2.24. The number of rotatable bonds is 4. The monoisotopic (exact) mass is 245 g/mol. The first-order chi connectivity index (χ1) is 8.85. The summed E-state index contributed by atoms with van der Waals surface area (Å²) in [5, 5.41) is 9.06. The lowest BCUT2D eigenvalue weighted by molar-refractivity contribution is -0.206. The Morgan fingerprint density at radius 3 is 2.67 bits per heavy atom. The van der Waals surface area contributed by atoms with Gasteiger partial charge in [0.15, 0.2) is 6.29 Å². The second kappa shape index (κ2) is 6.53. The summed E-state index contributed by atoms with van der Waals surface area (Å²) in [6.07, 6.45) is 3.20. The molecule has 3 nitrogen and oxygen atoms in total. The highest BCUT2D eigenvalue weighted by molar-refractivity contribution is 5.38. The lowest BCUT2D eigenvalue weighted by atomic mass is 10.0. The number of nitriles is 1. The van der Waals surface area contributed by atoms with E-state index in [9.17, 15) is 0 Å². The second-order valence-electron chi connectivity index (χ2n) is 4.71. The van der Waals surface area contributed by atoms with Gasteiger partial charge in [-0.25, -0.2) is 0 Å². The molecular formula is C15H19NO2. The van der Waals surface area contributed by atoms with E-state index >= 15 is 0 Å². The van der Waals surface area contributed by atoms with Crippen molar-refractivity contribution in [2.45, 2.75) is 32.5 Å². The van der Waals surface area contributed by atoms with E-state index in [0.717, 1.165) is 25.2 Å². The molecule has 0 amide bonds. The van der Waals surface area contributed by atoms with Gasteiger partial charge in [0.1, 0.15) is 0 Å². The predicted molar refractivity (Wildman–Crippen MR) is 68.8 cm³/mol. The van der Waals surface area contributed by atoms with Crippen molar-refractivity contribution < 1.29 is 9.47 Å². The third-order valence-corrected chi connectivity index (χ3v) is 3.27. The molecule has 18 heavy (non-hydrogen) atoms. The fraction of sp³-hybridized carbons (Fsp3) is 0.533. The van der Waals surface area contributed by atoms with Crippen molar-refractivity contribution in [3.05, 3.63) is 35.4 Å². The molecule has 0 atom stereocenters. The fourth-order valence-electron chi connectivity index (χ4n) is 2.19. The highest BCUT2D eigenvalue weighted by atomic mass is 16.7. The smallest absolute Gasteiger partial charge is 0.185 e. The standard InChI is InChI=1S/C15H19NO2/c1-2-3-6-12-10-17-15(18-11-12)14-8-5-4-7-13(14)9-16/h4-5,7-8,12,15H,2-3,6,10-11H2,1H3. The van der Waals surface area contributed by atoms with Gasteiger partial charge in [0.2, 0.25) is 0 Å². The van der Waals surface area contributed by atoms with Crippen LogP contribution in [-0.4, -0.2) is 13.2 Å². The molecule has 1 fully saturated rings. The van der Waals surface area contributed by atoms with Gasteiger partial charge >= 0.3 is 0 Å². The molecule has 1 aromatic rings. The summed E-state index contributed by atoms with van der Waals surface area (Å²) in [4.78, 5) is 0.